The predicted molar refractivity (Wildman–Crippen MR) is 110 cm³/mol. The molecule has 0 saturated carbocycles. The van der Waals surface area contributed by atoms with Gasteiger partial charge in [-0.15, -0.1) is 0 Å². The number of amides is 2. The van der Waals surface area contributed by atoms with Crippen LogP contribution >= 0.6 is 11.6 Å². The topological polar surface area (TPSA) is 106 Å². The maximum atomic E-state index is 11.7. The summed E-state index contributed by atoms with van der Waals surface area (Å²) in [4.78, 5) is 15.8. The normalized spacial score (nSPS) is 10.4. The van der Waals surface area contributed by atoms with Crippen molar-refractivity contribution in [3.8, 4) is 16.9 Å². The Bertz CT molecular complexity index is 996. The van der Waals surface area contributed by atoms with Gasteiger partial charge < -0.3 is 4.74 Å². The van der Waals surface area contributed by atoms with Crippen LogP contribution in [0.4, 0.5) is 10.5 Å². The molecular weight excluding hydrogens is 378 g/mol. The van der Waals surface area contributed by atoms with Gasteiger partial charge >= 0.3 is 6.03 Å². The van der Waals surface area contributed by atoms with Gasteiger partial charge in [-0.05, 0) is 42.3 Å². The third-order valence-corrected chi connectivity index (χ3v) is 4.56. The zero-order chi connectivity index (χ0) is 20.1. The molecule has 0 aliphatic carbocycles. The predicted octanol–water partition coefficient (Wildman–Crippen LogP) is 3.55. The van der Waals surface area contributed by atoms with E-state index in [1.165, 1.54) is 0 Å². The molecule has 5 N–H and O–H groups in total. The Morgan fingerprint density at radius 3 is 2.75 bits per heavy atom. The molecule has 0 aliphatic heterocycles. The van der Waals surface area contributed by atoms with E-state index in [2.05, 4.69) is 4.98 Å². The van der Waals surface area contributed by atoms with Gasteiger partial charge in [0.05, 0.1) is 10.7 Å². The van der Waals surface area contributed by atoms with E-state index in [4.69, 9.17) is 28.0 Å². The van der Waals surface area contributed by atoms with E-state index in [-0.39, 0.29) is 6.61 Å². The first-order valence-electron chi connectivity index (χ1n) is 8.48. The van der Waals surface area contributed by atoms with Crippen LogP contribution in [0.5, 0.6) is 5.75 Å². The number of nitrogens with one attached hydrogen (secondary N) is 1. The average molecular weight is 398 g/mol. The molecule has 28 heavy (non-hydrogen) atoms. The molecule has 0 spiro atoms. The molecule has 0 bridgehead atoms. The molecule has 0 atom stereocenters. The molecular formula is C20H20ClN5O2. The Morgan fingerprint density at radius 2 is 2.04 bits per heavy atom. The van der Waals surface area contributed by atoms with Crippen LogP contribution in [-0.2, 0) is 6.61 Å². The number of nitrogens with zero attached hydrogens (tertiary/aromatic N) is 2. The van der Waals surface area contributed by atoms with Crippen LogP contribution in [0.25, 0.3) is 11.1 Å². The second-order valence-electron chi connectivity index (χ2n) is 6.07. The minimum absolute atomic E-state index is 0.232. The molecule has 7 nitrogen and oxygen atoms in total. The fourth-order valence-electron chi connectivity index (χ4n) is 2.77. The van der Waals surface area contributed by atoms with E-state index in [0.29, 0.717) is 16.5 Å². The third kappa shape index (κ3) is 4.23. The van der Waals surface area contributed by atoms with Crippen molar-refractivity contribution in [2.45, 2.75) is 13.5 Å². The minimum atomic E-state index is -0.624. The van der Waals surface area contributed by atoms with Gasteiger partial charge in [-0.2, -0.15) is 0 Å². The van der Waals surface area contributed by atoms with Crippen molar-refractivity contribution in [2.24, 2.45) is 11.7 Å². The van der Waals surface area contributed by atoms with Gasteiger partial charge in [0.1, 0.15) is 12.4 Å². The Hall–Kier alpha value is -3.13. The molecule has 0 saturated heterocycles. The molecule has 1 aromatic heterocycles. The zero-order valence-electron chi connectivity index (χ0n) is 15.2. The standard InChI is InChI=1S/C20H20ClN5O2/c1-13-10-14(16-11-24-9-8-17(16)21)6-7-19(13)28-12-15-4-2-3-5-18(15)26(23)20(27)25-22/h2-11H,12,22-23H2,1H3,(H,25,27). The number of aryl methyl sites for hydroxylation is 1. The van der Waals surface area contributed by atoms with E-state index in [9.17, 15) is 4.79 Å². The van der Waals surface area contributed by atoms with Crippen molar-refractivity contribution in [3.05, 3.63) is 77.1 Å². The number of carbonyl (C=O) groups is 1. The molecule has 0 fully saturated rings. The number of nitrogens with two attached hydrogens (primary N) is 2. The van der Waals surface area contributed by atoms with Crippen LogP contribution in [0.2, 0.25) is 5.02 Å². The number of hydrogen-bond acceptors (Lipinski definition) is 5. The quantitative estimate of drug-likeness (QED) is 0.346. The van der Waals surface area contributed by atoms with Crippen LogP contribution in [0.3, 0.4) is 0 Å². The Balaban J connectivity index is 1.79. The number of hydrazine groups is 2. The minimum Gasteiger partial charge on any atom is -0.489 e. The van der Waals surface area contributed by atoms with Crippen molar-refractivity contribution < 1.29 is 9.53 Å². The van der Waals surface area contributed by atoms with E-state index in [1.807, 2.05) is 42.7 Å². The Morgan fingerprint density at radius 1 is 1.25 bits per heavy atom. The highest BCUT2D eigenvalue weighted by Gasteiger charge is 2.14. The summed E-state index contributed by atoms with van der Waals surface area (Å²) in [5, 5.41) is 1.58. The molecule has 2 amide bonds. The smallest absolute Gasteiger partial charge is 0.350 e. The van der Waals surface area contributed by atoms with Gasteiger partial charge in [0.15, 0.2) is 0 Å². The van der Waals surface area contributed by atoms with Gasteiger partial charge in [0, 0.05) is 23.5 Å². The van der Waals surface area contributed by atoms with Gasteiger partial charge in [-0.1, -0.05) is 35.9 Å². The molecule has 8 heteroatoms. The number of ether oxygens (including phenoxy) is 1. The largest absolute Gasteiger partial charge is 0.489 e. The number of carbonyl (C=O) groups excluding carboxylic acids is 1. The summed E-state index contributed by atoms with van der Waals surface area (Å²) < 4.78 is 5.95. The fourth-order valence-corrected chi connectivity index (χ4v) is 2.99. The monoisotopic (exact) mass is 397 g/mol. The maximum absolute atomic E-state index is 11.7. The number of benzene rings is 2. The van der Waals surface area contributed by atoms with Crippen molar-refractivity contribution in [1.29, 1.82) is 0 Å². The lowest BCUT2D eigenvalue weighted by Crippen LogP contribution is -2.48. The number of aromatic nitrogens is 1. The SMILES string of the molecule is Cc1cc(-c2cnccc2Cl)ccc1OCc1ccccc1N(N)C(=O)NN. The lowest BCUT2D eigenvalue weighted by molar-refractivity contribution is 0.246. The zero-order valence-corrected chi connectivity index (χ0v) is 16.0. The highest BCUT2D eigenvalue weighted by molar-refractivity contribution is 6.33. The number of hydrogen-bond donors (Lipinski definition) is 3. The first kappa shape index (κ1) is 19.6. The summed E-state index contributed by atoms with van der Waals surface area (Å²) in [5.41, 5.74) is 6.01. The van der Waals surface area contributed by atoms with E-state index in [1.54, 1.807) is 30.6 Å². The van der Waals surface area contributed by atoms with Crippen LogP contribution in [0, 0.1) is 6.92 Å². The van der Waals surface area contributed by atoms with Gasteiger partial charge in [-0.25, -0.2) is 21.5 Å². The van der Waals surface area contributed by atoms with E-state index in [0.717, 1.165) is 27.3 Å². The van der Waals surface area contributed by atoms with Gasteiger partial charge in [-0.3, -0.25) is 10.4 Å². The molecule has 2 aromatic carbocycles. The number of pyridine rings is 1. The van der Waals surface area contributed by atoms with Crippen molar-refractivity contribution in [2.75, 3.05) is 5.01 Å². The van der Waals surface area contributed by atoms with Crippen molar-refractivity contribution >= 4 is 23.3 Å². The number of urea groups is 1. The van der Waals surface area contributed by atoms with Gasteiger partial charge in [0.25, 0.3) is 0 Å². The van der Waals surface area contributed by atoms with Crippen LogP contribution in [-0.4, -0.2) is 11.0 Å². The summed E-state index contributed by atoms with van der Waals surface area (Å²) >= 11 is 6.25. The summed E-state index contributed by atoms with van der Waals surface area (Å²) in [6, 6.07) is 14.1. The second kappa shape index (κ2) is 8.71. The first-order valence-corrected chi connectivity index (χ1v) is 8.85. The Labute approximate surface area is 167 Å². The Kier molecular flexibility index (Phi) is 6.10. The van der Waals surface area contributed by atoms with E-state index < -0.39 is 6.03 Å². The summed E-state index contributed by atoms with van der Waals surface area (Å²) in [6.45, 7) is 2.18. The van der Waals surface area contributed by atoms with Crippen LogP contribution < -0.4 is 26.9 Å². The molecule has 0 aliphatic rings. The summed E-state index contributed by atoms with van der Waals surface area (Å²) in [5.74, 6) is 11.7. The average Bonchev–Trinajstić information content (AvgIpc) is 2.72. The lowest BCUT2D eigenvalue weighted by Gasteiger charge is -2.20. The maximum Gasteiger partial charge on any atom is 0.350 e. The molecule has 144 valence electrons. The van der Waals surface area contributed by atoms with Crippen molar-refractivity contribution in [3.63, 3.8) is 0 Å². The lowest BCUT2D eigenvalue weighted by atomic mass is 10.0. The van der Waals surface area contributed by atoms with Crippen LogP contribution in [0.1, 0.15) is 11.1 Å². The number of rotatable bonds is 5. The van der Waals surface area contributed by atoms with Gasteiger partial charge in [0.2, 0.25) is 0 Å². The fraction of sp³-hybridized carbons (Fsp3) is 0.100. The summed E-state index contributed by atoms with van der Waals surface area (Å²) in [6.07, 6.45) is 3.38. The second-order valence-corrected chi connectivity index (χ2v) is 6.48. The summed E-state index contributed by atoms with van der Waals surface area (Å²) in [7, 11) is 0. The molecule has 0 unspecified atom stereocenters. The molecule has 1 heterocycles. The number of halogens is 1. The highest BCUT2D eigenvalue weighted by Crippen LogP contribution is 2.31. The van der Waals surface area contributed by atoms with Crippen LogP contribution in [0.15, 0.2) is 60.9 Å². The van der Waals surface area contributed by atoms with Crippen molar-refractivity contribution in [1.82, 2.24) is 10.4 Å². The number of para-hydroxylation sites is 1. The molecule has 3 aromatic rings. The molecule has 3 rings (SSSR count). The first-order chi connectivity index (χ1) is 13.5. The van der Waals surface area contributed by atoms with E-state index >= 15 is 0 Å². The number of anilines is 1. The highest BCUT2D eigenvalue weighted by atomic mass is 35.5. The molecule has 0 radical (unpaired) electrons. The third-order valence-electron chi connectivity index (χ3n) is 4.23.